The van der Waals surface area contributed by atoms with Crippen LogP contribution >= 0.6 is 0 Å². The number of carbonyl (C=O) groups excluding carboxylic acids is 2. The lowest BCUT2D eigenvalue weighted by Crippen LogP contribution is -2.63. The maximum Gasteiger partial charge on any atom is 0.246 e. The van der Waals surface area contributed by atoms with Crippen LogP contribution < -0.4 is 4.74 Å². The molecule has 36 heavy (non-hydrogen) atoms. The van der Waals surface area contributed by atoms with Crippen molar-refractivity contribution < 1.29 is 19.1 Å². The van der Waals surface area contributed by atoms with Gasteiger partial charge >= 0.3 is 0 Å². The minimum absolute atomic E-state index is 0.0256. The summed E-state index contributed by atoms with van der Waals surface area (Å²) in [6.45, 7) is 7.04. The number of H-pyrrole nitrogens is 1. The second kappa shape index (κ2) is 9.59. The maximum absolute atomic E-state index is 13.9. The molecule has 188 valence electrons. The van der Waals surface area contributed by atoms with Crippen molar-refractivity contribution in [3.8, 4) is 5.75 Å². The van der Waals surface area contributed by atoms with Gasteiger partial charge in [-0.15, -0.1) is 0 Å². The van der Waals surface area contributed by atoms with Crippen LogP contribution in [-0.2, 0) is 20.7 Å². The van der Waals surface area contributed by atoms with E-state index in [1.807, 2.05) is 48.2 Å². The second-order valence-electron chi connectivity index (χ2n) is 9.67. The highest BCUT2D eigenvalue weighted by atomic mass is 16.5. The Balaban J connectivity index is 1.39. The van der Waals surface area contributed by atoms with Crippen molar-refractivity contribution in [1.82, 2.24) is 19.7 Å². The van der Waals surface area contributed by atoms with Crippen molar-refractivity contribution in [3.63, 3.8) is 0 Å². The van der Waals surface area contributed by atoms with Gasteiger partial charge < -0.3 is 24.3 Å². The lowest BCUT2D eigenvalue weighted by atomic mass is 9.86. The number of carbonyl (C=O) groups is 2. The van der Waals surface area contributed by atoms with Gasteiger partial charge in [0.25, 0.3) is 0 Å². The molecular weight excluding hydrogens is 456 g/mol. The van der Waals surface area contributed by atoms with Gasteiger partial charge in [0, 0.05) is 54.8 Å². The van der Waals surface area contributed by atoms with Crippen LogP contribution in [0.5, 0.6) is 5.75 Å². The molecule has 0 spiro atoms. The highest BCUT2D eigenvalue weighted by Crippen LogP contribution is 2.44. The number of ether oxygens (including phenoxy) is 2. The van der Waals surface area contributed by atoms with E-state index in [-0.39, 0.29) is 18.4 Å². The summed E-state index contributed by atoms with van der Waals surface area (Å²) >= 11 is 0. The van der Waals surface area contributed by atoms with E-state index in [1.165, 1.54) is 0 Å². The van der Waals surface area contributed by atoms with Crippen molar-refractivity contribution >= 4 is 22.7 Å². The van der Waals surface area contributed by atoms with Gasteiger partial charge in [0.05, 0.1) is 26.4 Å². The molecule has 0 bridgehead atoms. The number of aromatic nitrogens is 1. The number of para-hydroxylation sites is 2. The smallest absolute Gasteiger partial charge is 0.246 e. The SMILES string of the molecule is CCOc1ccccc1C1c2[nH]c3ccccc3c2CC2C(=O)N(CCN3CCOCC3)CC(=O)N21. The van der Waals surface area contributed by atoms with E-state index in [0.29, 0.717) is 32.8 Å². The van der Waals surface area contributed by atoms with E-state index in [0.717, 1.165) is 53.1 Å². The molecule has 3 aliphatic heterocycles. The van der Waals surface area contributed by atoms with Crippen LogP contribution in [0, 0.1) is 0 Å². The number of hydrogen-bond donors (Lipinski definition) is 1. The summed E-state index contributed by atoms with van der Waals surface area (Å²) < 4.78 is 11.4. The standard InChI is InChI=1S/C28H32N4O4/c1-2-36-24-10-6-4-8-20(24)27-26-21(19-7-3-5-9-22(19)29-26)17-23-28(34)31(18-25(33)32(23)27)12-11-30-13-15-35-16-14-30/h3-10,23,27,29H,2,11-18H2,1H3. The van der Waals surface area contributed by atoms with Crippen molar-refractivity contribution in [3.05, 3.63) is 65.4 Å². The molecule has 3 aromatic rings. The number of morpholine rings is 1. The molecule has 2 amide bonds. The van der Waals surface area contributed by atoms with E-state index >= 15 is 0 Å². The highest BCUT2D eigenvalue weighted by molar-refractivity contribution is 5.97. The predicted octanol–water partition coefficient (Wildman–Crippen LogP) is 2.58. The number of amides is 2. The molecule has 2 aromatic carbocycles. The summed E-state index contributed by atoms with van der Waals surface area (Å²) in [5.41, 5.74) is 4.01. The topological polar surface area (TPSA) is 78.1 Å². The summed E-state index contributed by atoms with van der Waals surface area (Å²) in [6.07, 6.45) is 0.505. The average Bonchev–Trinajstić information content (AvgIpc) is 3.28. The third kappa shape index (κ3) is 3.94. The molecule has 2 saturated heterocycles. The van der Waals surface area contributed by atoms with Gasteiger partial charge in [0.1, 0.15) is 17.8 Å². The quantitative estimate of drug-likeness (QED) is 0.577. The van der Waals surface area contributed by atoms with E-state index in [9.17, 15) is 9.59 Å². The van der Waals surface area contributed by atoms with Crippen LogP contribution in [0.3, 0.4) is 0 Å². The van der Waals surface area contributed by atoms with Crippen molar-refractivity contribution in [1.29, 1.82) is 0 Å². The first-order valence-electron chi connectivity index (χ1n) is 12.9. The summed E-state index contributed by atoms with van der Waals surface area (Å²) in [7, 11) is 0. The van der Waals surface area contributed by atoms with Crippen LogP contribution in [0.4, 0.5) is 0 Å². The average molecular weight is 489 g/mol. The number of benzene rings is 2. The number of piperazine rings is 1. The van der Waals surface area contributed by atoms with Crippen molar-refractivity contribution in [2.75, 3.05) is 52.5 Å². The normalized spacial score (nSPS) is 22.6. The van der Waals surface area contributed by atoms with Crippen LogP contribution in [0.2, 0.25) is 0 Å². The van der Waals surface area contributed by atoms with E-state index in [4.69, 9.17) is 9.47 Å². The molecule has 8 heteroatoms. The molecule has 1 aromatic heterocycles. The summed E-state index contributed by atoms with van der Waals surface area (Å²) in [5, 5.41) is 1.11. The van der Waals surface area contributed by atoms with E-state index in [2.05, 4.69) is 22.0 Å². The van der Waals surface area contributed by atoms with Gasteiger partial charge in [-0.3, -0.25) is 14.5 Å². The molecule has 0 saturated carbocycles. The zero-order chi connectivity index (χ0) is 24.6. The molecular formula is C28H32N4O4. The van der Waals surface area contributed by atoms with E-state index < -0.39 is 12.1 Å². The minimum Gasteiger partial charge on any atom is -0.494 e. The number of hydrogen-bond acceptors (Lipinski definition) is 5. The van der Waals surface area contributed by atoms with Gasteiger partial charge in [-0.1, -0.05) is 36.4 Å². The van der Waals surface area contributed by atoms with Gasteiger partial charge in [-0.2, -0.15) is 0 Å². The molecule has 0 aliphatic carbocycles. The first-order chi connectivity index (χ1) is 17.7. The highest BCUT2D eigenvalue weighted by Gasteiger charge is 2.48. The van der Waals surface area contributed by atoms with Crippen LogP contribution in [0.25, 0.3) is 10.9 Å². The number of fused-ring (bicyclic) bond motifs is 4. The Morgan fingerprint density at radius 1 is 1.03 bits per heavy atom. The van der Waals surface area contributed by atoms with Crippen LogP contribution in [-0.4, -0.2) is 90.1 Å². The minimum atomic E-state index is -0.540. The maximum atomic E-state index is 13.9. The number of rotatable bonds is 6. The molecule has 0 radical (unpaired) electrons. The van der Waals surface area contributed by atoms with Gasteiger partial charge in [0.15, 0.2) is 0 Å². The Hall–Kier alpha value is -3.36. The fraction of sp³-hybridized carbons (Fsp3) is 0.429. The van der Waals surface area contributed by atoms with Crippen molar-refractivity contribution in [2.45, 2.75) is 25.4 Å². The molecule has 1 N–H and O–H groups in total. The van der Waals surface area contributed by atoms with Crippen LogP contribution in [0.1, 0.15) is 29.8 Å². The third-order valence-electron chi connectivity index (χ3n) is 7.65. The summed E-state index contributed by atoms with van der Waals surface area (Å²) in [5.74, 6) is 0.741. The first-order valence-corrected chi connectivity index (χ1v) is 12.9. The third-order valence-corrected chi connectivity index (χ3v) is 7.65. The van der Waals surface area contributed by atoms with E-state index in [1.54, 1.807) is 4.90 Å². The van der Waals surface area contributed by atoms with Crippen LogP contribution in [0.15, 0.2) is 48.5 Å². The number of aromatic amines is 1. The fourth-order valence-electron chi connectivity index (χ4n) is 5.92. The Morgan fingerprint density at radius 2 is 1.81 bits per heavy atom. The number of nitrogens with zero attached hydrogens (tertiary/aromatic N) is 3. The molecule has 6 rings (SSSR count). The number of nitrogens with one attached hydrogen (secondary N) is 1. The first kappa shape index (κ1) is 23.1. The molecule has 4 heterocycles. The molecule has 2 fully saturated rings. The summed E-state index contributed by atoms with van der Waals surface area (Å²) in [4.78, 5) is 37.1. The largest absolute Gasteiger partial charge is 0.494 e. The summed E-state index contributed by atoms with van der Waals surface area (Å²) in [6, 6.07) is 15.1. The fourth-order valence-corrected chi connectivity index (χ4v) is 5.92. The van der Waals surface area contributed by atoms with Gasteiger partial charge in [0.2, 0.25) is 11.8 Å². The zero-order valence-electron chi connectivity index (χ0n) is 20.6. The Bertz CT molecular complexity index is 1280. The van der Waals surface area contributed by atoms with Gasteiger partial charge in [-0.05, 0) is 24.6 Å². The zero-order valence-corrected chi connectivity index (χ0v) is 20.6. The Kier molecular flexibility index (Phi) is 6.15. The predicted molar refractivity (Wildman–Crippen MR) is 136 cm³/mol. The van der Waals surface area contributed by atoms with Gasteiger partial charge in [-0.25, -0.2) is 0 Å². The Labute approximate surface area is 210 Å². The lowest BCUT2D eigenvalue weighted by Gasteiger charge is -2.47. The lowest BCUT2D eigenvalue weighted by molar-refractivity contribution is -0.159. The molecule has 8 nitrogen and oxygen atoms in total. The molecule has 3 aliphatic rings. The molecule has 2 atom stereocenters. The Morgan fingerprint density at radius 3 is 2.64 bits per heavy atom. The monoisotopic (exact) mass is 488 g/mol. The second-order valence-corrected chi connectivity index (χ2v) is 9.67. The molecule has 2 unspecified atom stereocenters. The van der Waals surface area contributed by atoms with Crippen molar-refractivity contribution in [2.24, 2.45) is 0 Å².